The number of anilines is 1. The van der Waals surface area contributed by atoms with Gasteiger partial charge in [-0.25, -0.2) is 12.8 Å². The third kappa shape index (κ3) is 3.83. The number of terminal acetylenes is 1. The van der Waals surface area contributed by atoms with E-state index in [4.69, 9.17) is 23.8 Å². The van der Waals surface area contributed by atoms with Gasteiger partial charge in [0.1, 0.15) is 4.90 Å². The Morgan fingerprint density at radius 2 is 2.21 bits per heavy atom. The number of rotatable bonds is 5. The Balaban J connectivity index is 3.18. The fourth-order valence-corrected chi connectivity index (χ4v) is 3.10. The molecule has 104 valence electrons. The lowest BCUT2D eigenvalue weighted by molar-refractivity contribution is 0.546. The lowest BCUT2D eigenvalue weighted by Gasteiger charge is -2.14. The molecule has 0 fully saturated rings. The van der Waals surface area contributed by atoms with Crippen molar-refractivity contribution >= 4 is 27.3 Å². The summed E-state index contributed by atoms with van der Waals surface area (Å²) < 4.78 is 40.1. The van der Waals surface area contributed by atoms with Crippen LogP contribution in [-0.2, 0) is 10.0 Å². The highest BCUT2D eigenvalue weighted by Gasteiger charge is 2.24. The molecule has 1 unspecified atom stereocenters. The smallest absolute Gasteiger partial charge is 0.244 e. The molecule has 0 bridgehead atoms. The molecule has 1 atom stereocenters. The SMILES string of the molecule is C#CC(CCC)NS(=O)(=O)c1cc(N)cc(Cl)c1F. The molecule has 1 rings (SSSR count). The fraction of sp³-hybridized carbons (Fsp3) is 0.333. The van der Waals surface area contributed by atoms with E-state index < -0.39 is 26.8 Å². The Labute approximate surface area is 117 Å². The van der Waals surface area contributed by atoms with Crippen LogP contribution in [0.5, 0.6) is 0 Å². The van der Waals surface area contributed by atoms with Gasteiger partial charge in [-0.1, -0.05) is 30.9 Å². The minimum atomic E-state index is -4.10. The molecule has 0 saturated carbocycles. The van der Waals surface area contributed by atoms with Crippen LogP contribution in [0.4, 0.5) is 10.1 Å². The normalized spacial score (nSPS) is 12.9. The molecule has 7 heteroatoms. The van der Waals surface area contributed by atoms with Crippen LogP contribution >= 0.6 is 11.6 Å². The van der Waals surface area contributed by atoms with Crippen molar-refractivity contribution in [3.8, 4) is 12.3 Å². The number of nitrogens with one attached hydrogen (secondary N) is 1. The first-order chi connectivity index (χ1) is 8.81. The van der Waals surface area contributed by atoms with Crippen molar-refractivity contribution < 1.29 is 12.8 Å². The van der Waals surface area contributed by atoms with Crippen molar-refractivity contribution in [2.75, 3.05) is 5.73 Å². The molecule has 1 aromatic carbocycles. The first-order valence-corrected chi connectivity index (χ1v) is 7.41. The van der Waals surface area contributed by atoms with E-state index in [0.717, 1.165) is 12.1 Å². The Bertz CT molecular complexity index is 611. The van der Waals surface area contributed by atoms with Gasteiger partial charge in [-0.15, -0.1) is 6.42 Å². The number of benzene rings is 1. The number of sulfonamides is 1. The molecule has 19 heavy (non-hydrogen) atoms. The van der Waals surface area contributed by atoms with Gasteiger partial charge in [-0.05, 0) is 18.6 Å². The minimum absolute atomic E-state index is 0.0551. The summed E-state index contributed by atoms with van der Waals surface area (Å²) in [6.07, 6.45) is 6.36. The number of hydrogen-bond donors (Lipinski definition) is 2. The van der Waals surface area contributed by atoms with Crippen molar-refractivity contribution in [3.05, 3.63) is 23.0 Å². The van der Waals surface area contributed by atoms with Crippen molar-refractivity contribution in [1.82, 2.24) is 4.72 Å². The van der Waals surface area contributed by atoms with E-state index in [0.29, 0.717) is 12.8 Å². The predicted molar refractivity (Wildman–Crippen MR) is 73.7 cm³/mol. The molecule has 0 aromatic heterocycles. The average molecular weight is 305 g/mol. The quantitative estimate of drug-likeness (QED) is 0.646. The van der Waals surface area contributed by atoms with Gasteiger partial charge >= 0.3 is 0 Å². The number of halogens is 2. The van der Waals surface area contributed by atoms with Crippen LogP contribution in [-0.4, -0.2) is 14.5 Å². The Kier molecular flexibility index (Phi) is 5.18. The highest BCUT2D eigenvalue weighted by atomic mass is 35.5. The standard InChI is InChI=1S/C12H14ClFN2O2S/c1-3-5-9(4-2)16-19(17,18)11-7-8(15)6-10(13)12(11)14/h2,6-7,9,16H,3,5,15H2,1H3. The molecule has 0 spiro atoms. The van der Waals surface area contributed by atoms with Crippen LogP contribution < -0.4 is 10.5 Å². The van der Waals surface area contributed by atoms with Crippen molar-refractivity contribution in [3.63, 3.8) is 0 Å². The lowest BCUT2D eigenvalue weighted by Crippen LogP contribution is -2.34. The molecule has 3 N–H and O–H groups in total. The third-order valence-electron chi connectivity index (χ3n) is 2.38. The van der Waals surface area contributed by atoms with Crippen LogP contribution in [0.15, 0.2) is 17.0 Å². The summed E-state index contributed by atoms with van der Waals surface area (Å²) in [5.41, 5.74) is 5.52. The first-order valence-electron chi connectivity index (χ1n) is 5.54. The molecular formula is C12H14ClFN2O2S. The van der Waals surface area contributed by atoms with Crippen molar-refractivity contribution in [2.24, 2.45) is 0 Å². The summed E-state index contributed by atoms with van der Waals surface area (Å²) in [7, 11) is -4.10. The second kappa shape index (κ2) is 6.24. The molecule has 0 radical (unpaired) electrons. The average Bonchev–Trinajstić information content (AvgIpc) is 2.32. The molecular weight excluding hydrogens is 291 g/mol. The zero-order valence-corrected chi connectivity index (χ0v) is 11.9. The fourth-order valence-electron chi connectivity index (χ4n) is 1.50. The van der Waals surface area contributed by atoms with E-state index >= 15 is 0 Å². The van der Waals surface area contributed by atoms with Crippen LogP contribution in [0, 0.1) is 18.2 Å². The van der Waals surface area contributed by atoms with Gasteiger partial charge in [0.15, 0.2) is 5.82 Å². The Hall–Kier alpha value is -1.29. The van der Waals surface area contributed by atoms with Gasteiger partial charge in [0.25, 0.3) is 0 Å². The van der Waals surface area contributed by atoms with Crippen LogP contribution in [0.2, 0.25) is 5.02 Å². The lowest BCUT2D eigenvalue weighted by atomic mass is 10.2. The highest BCUT2D eigenvalue weighted by molar-refractivity contribution is 7.89. The van der Waals surface area contributed by atoms with Gasteiger partial charge in [-0.2, -0.15) is 4.72 Å². The van der Waals surface area contributed by atoms with Gasteiger partial charge in [0, 0.05) is 5.69 Å². The van der Waals surface area contributed by atoms with E-state index in [1.807, 2.05) is 6.92 Å². The zero-order valence-electron chi connectivity index (χ0n) is 10.3. The summed E-state index contributed by atoms with van der Waals surface area (Å²) >= 11 is 5.57. The molecule has 0 aliphatic rings. The van der Waals surface area contributed by atoms with E-state index in [1.165, 1.54) is 0 Å². The third-order valence-corrected chi connectivity index (χ3v) is 4.13. The largest absolute Gasteiger partial charge is 0.399 e. The molecule has 1 aromatic rings. The molecule has 0 heterocycles. The van der Waals surface area contributed by atoms with Crippen LogP contribution in [0.3, 0.4) is 0 Å². The van der Waals surface area contributed by atoms with E-state index in [9.17, 15) is 12.8 Å². The van der Waals surface area contributed by atoms with E-state index in [2.05, 4.69) is 10.6 Å². The number of nitrogens with two attached hydrogens (primary N) is 1. The predicted octanol–water partition coefficient (Wildman–Crippen LogP) is 2.14. The van der Waals surface area contributed by atoms with E-state index in [-0.39, 0.29) is 10.7 Å². The second-order valence-corrected chi connectivity index (χ2v) is 6.03. The second-order valence-electron chi connectivity index (χ2n) is 3.94. The zero-order chi connectivity index (χ0) is 14.6. The van der Waals surface area contributed by atoms with E-state index in [1.54, 1.807) is 0 Å². The van der Waals surface area contributed by atoms with Crippen molar-refractivity contribution in [1.29, 1.82) is 0 Å². The van der Waals surface area contributed by atoms with Gasteiger partial charge in [-0.3, -0.25) is 0 Å². The molecule has 4 nitrogen and oxygen atoms in total. The Morgan fingerprint density at radius 1 is 1.58 bits per heavy atom. The number of nitrogen functional groups attached to an aromatic ring is 1. The molecule has 0 aliphatic heterocycles. The molecule has 0 amide bonds. The summed E-state index contributed by atoms with van der Waals surface area (Å²) in [6, 6.07) is 1.44. The van der Waals surface area contributed by atoms with Gasteiger partial charge in [0.05, 0.1) is 11.1 Å². The molecule has 0 aliphatic carbocycles. The monoisotopic (exact) mass is 304 g/mol. The topological polar surface area (TPSA) is 72.2 Å². The maximum atomic E-state index is 13.8. The first kappa shape index (κ1) is 15.8. The van der Waals surface area contributed by atoms with Gasteiger partial charge < -0.3 is 5.73 Å². The van der Waals surface area contributed by atoms with Crippen LogP contribution in [0.1, 0.15) is 19.8 Å². The van der Waals surface area contributed by atoms with Gasteiger partial charge in [0.2, 0.25) is 10.0 Å². The van der Waals surface area contributed by atoms with Crippen LogP contribution in [0.25, 0.3) is 0 Å². The highest BCUT2D eigenvalue weighted by Crippen LogP contribution is 2.25. The summed E-state index contributed by atoms with van der Waals surface area (Å²) in [5.74, 6) is 1.25. The summed E-state index contributed by atoms with van der Waals surface area (Å²) in [4.78, 5) is -0.603. The number of hydrogen-bond acceptors (Lipinski definition) is 3. The summed E-state index contributed by atoms with van der Waals surface area (Å²) in [6.45, 7) is 1.86. The van der Waals surface area contributed by atoms with Crippen molar-refractivity contribution in [2.45, 2.75) is 30.7 Å². The minimum Gasteiger partial charge on any atom is -0.399 e. The summed E-state index contributed by atoms with van der Waals surface area (Å²) in [5, 5.41) is -0.354. The maximum Gasteiger partial charge on any atom is 0.244 e. The maximum absolute atomic E-state index is 13.8. The molecule has 0 saturated heterocycles. The Morgan fingerprint density at radius 3 is 2.74 bits per heavy atom.